The van der Waals surface area contributed by atoms with Gasteiger partial charge in [0.05, 0.1) is 16.2 Å². The van der Waals surface area contributed by atoms with E-state index in [1.807, 2.05) is 32.0 Å². The number of amides is 1. The molecule has 6 nitrogen and oxygen atoms in total. The van der Waals surface area contributed by atoms with Gasteiger partial charge in [-0.05, 0) is 32.4 Å². The molecule has 0 bridgehead atoms. The Hall–Kier alpha value is -1.86. The van der Waals surface area contributed by atoms with E-state index in [-0.39, 0.29) is 16.7 Å². The number of fused-ring (bicyclic) bond motifs is 1. The van der Waals surface area contributed by atoms with E-state index in [4.69, 9.17) is 4.74 Å². The van der Waals surface area contributed by atoms with Gasteiger partial charge in [-0.25, -0.2) is 4.98 Å². The Morgan fingerprint density at radius 1 is 1.42 bits per heavy atom. The molecule has 2 aromatic rings. The highest BCUT2D eigenvalue weighted by molar-refractivity contribution is 8.00. The van der Waals surface area contributed by atoms with Crippen LogP contribution in [0.1, 0.15) is 20.3 Å². The molecule has 1 atom stereocenters. The van der Waals surface area contributed by atoms with Crippen LogP contribution in [-0.4, -0.2) is 41.0 Å². The molecule has 0 unspecified atom stereocenters. The standard InChI is InChI=1S/C17H23N3O3S/c1-4-18-15(21)12(2)24-17-19-14-9-6-5-8-13(14)16(22)20(17)10-7-11-23-3/h5-6,8-9,12H,4,7,10-11H2,1-3H3,(H,18,21)/t12-/m0/s1. The van der Waals surface area contributed by atoms with Crippen LogP contribution in [0.25, 0.3) is 10.9 Å². The van der Waals surface area contributed by atoms with E-state index in [2.05, 4.69) is 10.3 Å². The molecule has 1 aromatic heterocycles. The summed E-state index contributed by atoms with van der Waals surface area (Å²) >= 11 is 1.30. The molecule has 0 saturated carbocycles. The molecule has 0 saturated heterocycles. The van der Waals surface area contributed by atoms with Gasteiger partial charge in [-0.15, -0.1) is 0 Å². The van der Waals surface area contributed by atoms with Gasteiger partial charge in [0.2, 0.25) is 5.91 Å². The highest BCUT2D eigenvalue weighted by Gasteiger charge is 2.18. The summed E-state index contributed by atoms with van der Waals surface area (Å²) in [5.41, 5.74) is 0.568. The second-order valence-corrected chi connectivity index (χ2v) is 6.68. The Kier molecular flexibility index (Phi) is 6.81. The van der Waals surface area contributed by atoms with Crippen molar-refractivity contribution in [3.05, 3.63) is 34.6 Å². The Labute approximate surface area is 145 Å². The predicted octanol–water partition coefficient (Wildman–Crippen LogP) is 2.05. The molecular formula is C17H23N3O3S. The maximum atomic E-state index is 12.8. The van der Waals surface area contributed by atoms with Crippen molar-refractivity contribution in [3.63, 3.8) is 0 Å². The van der Waals surface area contributed by atoms with Crippen molar-refractivity contribution in [2.75, 3.05) is 20.3 Å². The normalized spacial score (nSPS) is 12.3. The first-order chi connectivity index (χ1) is 11.6. The van der Waals surface area contributed by atoms with Crippen molar-refractivity contribution >= 4 is 28.6 Å². The molecule has 130 valence electrons. The van der Waals surface area contributed by atoms with E-state index in [9.17, 15) is 9.59 Å². The number of nitrogens with zero attached hydrogens (tertiary/aromatic N) is 2. The monoisotopic (exact) mass is 349 g/mol. The van der Waals surface area contributed by atoms with Crippen molar-refractivity contribution < 1.29 is 9.53 Å². The lowest BCUT2D eigenvalue weighted by Gasteiger charge is -2.16. The molecule has 0 aliphatic carbocycles. The molecule has 1 amide bonds. The van der Waals surface area contributed by atoms with Crippen LogP contribution in [0.2, 0.25) is 0 Å². The van der Waals surface area contributed by atoms with Gasteiger partial charge < -0.3 is 10.1 Å². The lowest BCUT2D eigenvalue weighted by atomic mass is 10.2. The van der Waals surface area contributed by atoms with Crippen LogP contribution >= 0.6 is 11.8 Å². The third-order valence-corrected chi connectivity index (χ3v) is 4.65. The first-order valence-corrected chi connectivity index (χ1v) is 8.89. The smallest absolute Gasteiger partial charge is 0.262 e. The minimum Gasteiger partial charge on any atom is -0.385 e. The minimum absolute atomic E-state index is 0.0617. The van der Waals surface area contributed by atoms with Gasteiger partial charge in [0.15, 0.2) is 5.16 Å². The number of nitrogens with one attached hydrogen (secondary N) is 1. The van der Waals surface area contributed by atoms with E-state index in [0.717, 1.165) is 0 Å². The van der Waals surface area contributed by atoms with Crippen LogP contribution in [0.15, 0.2) is 34.2 Å². The number of thioether (sulfide) groups is 1. The van der Waals surface area contributed by atoms with Gasteiger partial charge in [-0.3, -0.25) is 14.2 Å². The number of hydrogen-bond donors (Lipinski definition) is 1. The SMILES string of the molecule is CCNC(=O)[C@H](C)Sc1nc2ccccc2c(=O)n1CCCOC. The van der Waals surface area contributed by atoms with Crippen molar-refractivity contribution in [3.8, 4) is 0 Å². The maximum Gasteiger partial charge on any atom is 0.262 e. The van der Waals surface area contributed by atoms with Crippen LogP contribution in [0.4, 0.5) is 0 Å². The molecule has 0 fully saturated rings. The zero-order chi connectivity index (χ0) is 17.5. The number of carbonyl (C=O) groups is 1. The third kappa shape index (κ3) is 4.36. The van der Waals surface area contributed by atoms with Gasteiger partial charge in [-0.1, -0.05) is 23.9 Å². The molecule has 0 aliphatic rings. The summed E-state index contributed by atoms with van der Waals surface area (Å²) in [7, 11) is 1.63. The van der Waals surface area contributed by atoms with Gasteiger partial charge in [0.1, 0.15) is 0 Å². The average Bonchev–Trinajstić information content (AvgIpc) is 2.58. The Morgan fingerprint density at radius 3 is 2.88 bits per heavy atom. The molecule has 1 N–H and O–H groups in total. The van der Waals surface area contributed by atoms with Gasteiger partial charge in [0, 0.05) is 26.8 Å². The fourth-order valence-corrected chi connectivity index (χ4v) is 3.29. The number of methoxy groups -OCH3 is 1. The highest BCUT2D eigenvalue weighted by Crippen LogP contribution is 2.22. The predicted molar refractivity (Wildman–Crippen MR) is 96.5 cm³/mol. The molecule has 1 aromatic carbocycles. The van der Waals surface area contributed by atoms with E-state index < -0.39 is 0 Å². The Balaban J connectivity index is 2.39. The van der Waals surface area contributed by atoms with Crippen LogP contribution < -0.4 is 10.9 Å². The second kappa shape index (κ2) is 8.84. The largest absolute Gasteiger partial charge is 0.385 e. The zero-order valence-electron chi connectivity index (χ0n) is 14.2. The van der Waals surface area contributed by atoms with Gasteiger partial charge >= 0.3 is 0 Å². The topological polar surface area (TPSA) is 73.2 Å². The number of para-hydroxylation sites is 1. The number of hydrogen-bond acceptors (Lipinski definition) is 5. The summed E-state index contributed by atoms with van der Waals surface area (Å²) in [6.07, 6.45) is 0.708. The number of benzene rings is 1. The first-order valence-electron chi connectivity index (χ1n) is 8.01. The fourth-order valence-electron chi connectivity index (χ4n) is 2.33. The number of rotatable bonds is 8. The van der Waals surface area contributed by atoms with Crippen molar-refractivity contribution in [1.82, 2.24) is 14.9 Å². The molecule has 1 heterocycles. The van der Waals surface area contributed by atoms with Crippen LogP contribution in [0, 0.1) is 0 Å². The highest BCUT2D eigenvalue weighted by atomic mass is 32.2. The zero-order valence-corrected chi connectivity index (χ0v) is 15.1. The van der Waals surface area contributed by atoms with Crippen molar-refractivity contribution in [2.45, 2.75) is 37.2 Å². The maximum absolute atomic E-state index is 12.8. The summed E-state index contributed by atoms with van der Waals surface area (Å²) in [5.74, 6) is -0.0617. The van der Waals surface area contributed by atoms with E-state index in [1.54, 1.807) is 17.7 Å². The molecule has 0 spiro atoms. The number of ether oxygens (including phenoxy) is 1. The van der Waals surface area contributed by atoms with Crippen LogP contribution in [0.3, 0.4) is 0 Å². The molecule has 7 heteroatoms. The lowest BCUT2D eigenvalue weighted by molar-refractivity contribution is -0.120. The summed E-state index contributed by atoms with van der Waals surface area (Å²) in [4.78, 5) is 29.4. The summed E-state index contributed by atoms with van der Waals surface area (Å²) in [6, 6.07) is 7.27. The van der Waals surface area contributed by atoms with Crippen LogP contribution in [-0.2, 0) is 16.1 Å². The molecule has 0 aliphatic heterocycles. The van der Waals surface area contributed by atoms with Gasteiger partial charge in [0.25, 0.3) is 5.56 Å². The first kappa shape index (κ1) is 18.5. The second-order valence-electron chi connectivity index (χ2n) is 5.37. The van der Waals surface area contributed by atoms with Crippen molar-refractivity contribution in [1.29, 1.82) is 0 Å². The summed E-state index contributed by atoms with van der Waals surface area (Å²) in [5, 5.41) is 3.62. The molecule has 24 heavy (non-hydrogen) atoms. The minimum atomic E-state index is -0.327. The average molecular weight is 349 g/mol. The summed E-state index contributed by atoms with van der Waals surface area (Å²) < 4.78 is 6.72. The fraction of sp³-hybridized carbons (Fsp3) is 0.471. The number of aromatic nitrogens is 2. The lowest BCUT2D eigenvalue weighted by Crippen LogP contribution is -2.32. The van der Waals surface area contributed by atoms with E-state index in [1.165, 1.54) is 11.8 Å². The molecule has 2 rings (SSSR count). The Morgan fingerprint density at radius 2 is 2.17 bits per heavy atom. The third-order valence-electron chi connectivity index (χ3n) is 3.56. The quantitative estimate of drug-likeness (QED) is 0.449. The Bertz CT molecular complexity index is 760. The summed E-state index contributed by atoms with van der Waals surface area (Å²) in [6.45, 7) is 5.35. The van der Waals surface area contributed by atoms with Crippen molar-refractivity contribution in [2.24, 2.45) is 0 Å². The van der Waals surface area contributed by atoms with Crippen LogP contribution in [0.5, 0.6) is 0 Å². The van der Waals surface area contributed by atoms with E-state index in [0.29, 0.717) is 42.2 Å². The molecule has 0 radical (unpaired) electrons. The number of carbonyl (C=O) groups excluding carboxylic acids is 1. The van der Waals surface area contributed by atoms with Gasteiger partial charge in [-0.2, -0.15) is 0 Å². The molecular weight excluding hydrogens is 326 g/mol. The van der Waals surface area contributed by atoms with E-state index >= 15 is 0 Å².